The molecule has 2 aliphatic heterocycles. The van der Waals surface area contributed by atoms with Crippen LogP contribution in [-0.4, -0.2) is 48.4 Å². The van der Waals surface area contributed by atoms with E-state index in [1.807, 2.05) is 0 Å². The molecule has 0 aliphatic carbocycles. The lowest BCUT2D eigenvalue weighted by Crippen LogP contribution is -2.35. The molecule has 20 heavy (non-hydrogen) atoms. The minimum atomic E-state index is 0.0943. The fourth-order valence-electron chi connectivity index (χ4n) is 3.23. The van der Waals surface area contributed by atoms with Gasteiger partial charge in [0.1, 0.15) is 6.17 Å². The van der Waals surface area contributed by atoms with Crippen molar-refractivity contribution < 1.29 is 4.79 Å². The van der Waals surface area contributed by atoms with Gasteiger partial charge in [-0.1, -0.05) is 6.92 Å². The van der Waals surface area contributed by atoms with Gasteiger partial charge in [-0.3, -0.25) is 10.1 Å². The van der Waals surface area contributed by atoms with Gasteiger partial charge < -0.3 is 9.80 Å². The predicted molar refractivity (Wildman–Crippen MR) is 81.7 cm³/mol. The van der Waals surface area contributed by atoms with Gasteiger partial charge in [-0.15, -0.1) is 11.3 Å². The fraction of sp³-hybridized carbons (Fsp3) is 0.667. The van der Waals surface area contributed by atoms with Crippen LogP contribution in [0.4, 0.5) is 0 Å². The van der Waals surface area contributed by atoms with Gasteiger partial charge in [0.2, 0.25) is 5.91 Å². The summed E-state index contributed by atoms with van der Waals surface area (Å²) in [4.78, 5) is 19.3. The van der Waals surface area contributed by atoms with E-state index in [1.54, 1.807) is 11.3 Å². The van der Waals surface area contributed by atoms with E-state index >= 15 is 0 Å². The standard InChI is InChI=1S/C15H23N3OS/c1-3-17-7-6-12(9-17)10-18-14(19)8-16-15(18)13-5-4-11(2)20-13/h4-5,12,15-16H,3,6-10H2,1-2H3. The Morgan fingerprint density at radius 1 is 1.45 bits per heavy atom. The molecule has 2 aliphatic rings. The van der Waals surface area contributed by atoms with Gasteiger partial charge in [0.25, 0.3) is 0 Å². The molecule has 1 N–H and O–H groups in total. The summed E-state index contributed by atoms with van der Waals surface area (Å²) in [6, 6.07) is 4.29. The van der Waals surface area contributed by atoms with E-state index in [-0.39, 0.29) is 12.1 Å². The van der Waals surface area contributed by atoms with Crippen molar-refractivity contribution in [2.75, 3.05) is 32.7 Å². The minimum absolute atomic E-state index is 0.0943. The number of carbonyl (C=O) groups is 1. The molecule has 0 bridgehead atoms. The second kappa shape index (κ2) is 5.84. The second-order valence-electron chi connectivity index (χ2n) is 5.83. The molecule has 110 valence electrons. The van der Waals surface area contributed by atoms with Crippen LogP contribution < -0.4 is 5.32 Å². The summed E-state index contributed by atoms with van der Waals surface area (Å²) in [5, 5.41) is 3.36. The molecule has 2 fully saturated rings. The molecule has 2 unspecified atom stereocenters. The molecule has 0 radical (unpaired) electrons. The molecule has 1 aromatic rings. The van der Waals surface area contributed by atoms with Crippen molar-refractivity contribution in [1.82, 2.24) is 15.1 Å². The van der Waals surface area contributed by atoms with Crippen molar-refractivity contribution in [2.45, 2.75) is 26.4 Å². The van der Waals surface area contributed by atoms with E-state index < -0.39 is 0 Å². The molecule has 0 aromatic carbocycles. The van der Waals surface area contributed by atoms with Gasteiger partial charge in [0.15, 0.2) is 0 Å². The van der Waals surface area contributed by atoms with E-state index in [1.165, 1.54) is 22.7 Å². The lowest BCUT2D eigenvalue weighted by Gasteiger charge is -2.26. The van der Waals surface area contributed by atoms with Gasteiger partial charge >= 0.3 is 0 Å². The number of amides is 1. The largest absolute Gasteiger partial charge is 0.321 e. The summed E-state index contributed by atoms with van der Waals surface area (Å²) in [5.74, 6) is 0.873. The Balaban J connectivity index is 1.68. The summed E-state index contributed by atoms with van der Waals surface area (Å²) in [6.07, 6.45) is 1.31. The second-order valence-corrected chi connectivity index (χ2v) is 7.15. The Bertz CT molecular complexity index is 487. The highest BCUT2D eigenvalue weighted by Crippen LogP contribution is 2.30. The van der Waals surface area contributed by atoms with Gasteiger partial charge in [-0.05, 0) is 44.5 Å². The first kappa shape index (κ1) is 14.0. The van der Waals surface area contributed by atoms with Crippen molar-refractivity contribution in [1.29, 1.82) is 0 Å². The number of rotatable bonds is 4. The van der Waals surface area contributed by atoms with E-state index in [2.05, 4.69) is 41.1 Å². The number of nitrogens with one attached hydrogen (secondary N) is 1. The third kappa shape index (κ3) is 2.75. The predicted octanol–water partition coefficient (Wildman–Crippen LogP) is 1.83. The van der Waals surface area contributed by atoms with Gasteiger partial charge in [0.05, 0.1) is 6.54 Å². The maximum atomic E-state index is 12.2. The highest BCUT2D eigenvalue weighted by atomic mass is 32.1. The molecule has 3 heterocycles. The first-order chi connectivity index (χ1) is 9.67. The summed E-state index contributed by atoms with van der Waals surface area (Å²) in [7, 11) is 0. The Morgan fingerprint density at radius 2 is 2.30 bits per heavy atom. The first-order valence-electron chi connectivity index (χ1n) is 7.49. The number of nitrogens with zero attached hydrogens (tertiary/aromatic N) is 2. The first-order valence-corrected chi connectivity index (χ1v) is 8.30. The van der Waals surface area contributed by atoms with Crippen molar-refractivity contribution in [3.05, 3.63) is 21.9 Å². The van der Waals surface area contributed by atoms with E-state index in [4.69, 9.17) is 0 Å². The van der Waals surface area contributed by atoms with E-state index in [0.717, 1.165) is 19.6 Å². The van der Waals surface area contributed by atoms with Crippen molar-refractivity contribution in [3.8, 4) is 0 Å². The Morgan fingerprint density at radius 3 is 2.95 bits per heavy atom. The van der Waals surface area contributed by atoms with Crippen LogP contribution in [0.1, 0.15) is 29.3 Å². The van der Waals surface area contributed by atoms with E-state index in [0.29, 0.717) is 12.5 Å². The highest BCUT2D eigenvalue weighted by Gasteiger charge is 2.35. The Kier molecular flexibility index (Phi) is 4.10. The van der Waals surface area contributed by atoms with Crippen LogP contribution in [0.5, 0.6) is 0 Å². The molecule has 3 rings (SSSR count). The third-order valence-corrected chi connectivity index (χ3v) is 5.43. The molecule has 1 aromatic heterocycles. The highest BCUT2D eigenvalue weighted by molar-refractivity contribution is 7.12. The smallest absolute Gasteiger partial charge is 0.238 e. The number of hydrogen-bond donors (Lipinski definition) is 1. The number of hydrogen-bond acceptors (Lipinski definition) is 4. The van der Waals surface area contributed by atoms with Gasteiger partial charge in [-0.2, -0.15) is 0 Å². The van der Waals surface area contributed by atoms with Gasteiger partial charge in [-0.25, -0.2) is 0 Å². The zero-order chi connectivity index (χ0) is 14.1. The molecule has 5 heteroatoms. The molecule has 4 nitrogen and oxygen atoms in total. The Labute approximate surface area is 124 Å². The van der Waals surface area contributed by atoms with Crippen LogP contribution in [-0.2, 0) is 4.79 Å². The topological polar surface area (TPSA) is 35.6 Å². The lowest BCUT2D eigenvalue weighted by atomic mass is 10.1. The number of thiophene rings is 1. The zero-order valence-electron chi connectivity index (χ0n) is 12.3. The van der Waals surface area contributed by atoms with Gasteiger partial charge in [0, 0.05) is 22.8 Å². The minimum Gasteiger partial charge on any atom is -0.321 e. The quantitative estimate of drug-likeness (QED) is 0.920. The Hall–Kier alpha value is -0.910. The zero-order valence-corrected chi connectivity index (χ0v) is 13.1. The van der Waals surface area contributed by atoms with Crippen LogP contribution >= 0.6 is 11.3 Å². The normalized spacial score (nSPS) is 27.7. The fourth-order valence-corrected chi connectivity index (χ4v) is 4.19. The molecular formula is C15H23N3OS. The molecule has 2 saturated heterocycles. The molecule has 1 amide bonds. The maximum absolute atomic E-state index is 12.2. The average molecular weight is 293 g/mol. The molecule has 2 atom stereocenters. The van der Waals surface area contributed by atoms with E-state index in [9.17, 15) is 4.79 Å². The van der Waals surface area contributed by atoms with Crippen LogP contribution in [0.25, 0.3) is 0 Å². The van der Waals surface area contributed by atoms with Crippen LogP contribution in [0.15, 0.2) is 12.1 Å². The third-order valence-electron chi connectivity index (χ3n) is 4.38. The average Bonchev–Trinajstić information content (AvgIpc) is 3.13. The van der Waals surface area contributed by atoms with Crippen LogP contribution in [0.2, 0.25) is 0 Å². The SMILES string of the molecule is CCN1CCC(CN2C(=O)CNC2c2ccc(C)s2)C1. The van der Waals surface area contributed by atoms with Crippen LogP contribution in [0.3, 0.4) is 0 Å². The maximum Gasteiger partial charge on any atom is 0.238 e. The molecular weight excluding hydrogens is 270 g/mol. The summed E-state index contributed by atoms with van der Waals surface area (Å²) >= 11 is 1.79. The monoisotopic (exact) mass is 293 g/mol. The number of likely N-dealkylation sites (tertiary alicyclic amines) is 1. The summed E-state index contributed by atoms with van der Waals surface area (Å²) in [6.45, 7) is 9.13. The number of aryl methyl sites for hydroxylation is 1. The van der Waals surface area contributed by atoms with Crippen molar-refractivity contribution in [2.24, 2.45) is 5.92 Å². The lowest BCUT2D eigenvalue weighted by molar-refractivity contribution is -0.128. The van der Waals surface area contributed by atoms with Crippen LogP contribution in [0, 0.1) is 12.8 Å². The van der Waals surface area contributed by atoms with Crippen molar-refractivity contribution in [3.63, 3.8) is 0 Å². The summed E-state index contributed by atoms with van der Waals surface area (Å²) in [5.41, 5.74) is 0. The molecule has 0 saturated carbocycles. The summed E-state index contributed by atoms with van der Waals surface area (Å²) < 4.78 is 0. The molecule has 0 spiro atoms. The number of carbonyl (C=O) groups excluding carboxylic acids is 1. The van der Waals surface area contributed by atoms with Crippen molar-refractivity contribution >= 4 is 17.2 Å².